The van der Waals surface area contributed by atoms with Crippen molar-refractivity contribution in [2.45, 2.75) is 286 Å². The Kier molecular flexibility index (Phi) is 17.3. The molecule has 1 aromatic heterocycles. The van der Waals surface area contributed by atoms with E-state index < -0.39 is 0 Å². The molecule has 0 radical (unpaired) electrons. The predicted molar refractivity (Wildman–Crippen MR) is 416 cm³/mol. The molecular formula is C91H116BN3. The molecule has 3 heterocycles. The summed E-state index contributed by atoms with van der Waals surface area (Å²) in [5.41, 5.74) is 31.4. The first-order chi connectivity index (χ1) is 44.1. The quantitative estimate of drug-likeness (QED) is 0.148. The molecule has 12 rings (SSSR count). The maximum Gasteiger partial charge on any atom is 0.252 e. The van der Waals surface area contributed by atoms with Crippen LogP contribution in [-0.4, -0.2) is 11.7 Å². The van der Waals surface area contributed by atoms with Crippen LogP contribution in [0.3, 0.4) is 0 Å². The Labute approximate surface area is 576 Å². The van der Waals surface area contributed by atoms with E-state index in [-0.39, 0.29) is 50.0 Å². The molecule has 0 bridgehead atoms. The fourth-order valence-corrected chi connectivity index (χ4v) is 15.6. The van der Waals surface area contributed by atoms with E-state index >= 15 is 0 Å². The van der Waals surface area contributed by atoms with Crippen molar-refractivity contribution < 1.29 is 0 Å². The molecule has 95 heavy (non-hydrogen) atoms. The van der Waals surface area contributed by atoms with Crippen LogP contribution in [0.4, 0.5) is 34.1 Å². The monoisotopic (exact) mass is 1260 g/mol. The van der Waals surface area contributed by atoms with E-state index in [9.17, 15) is 0 Å². The lowest BCUT2D eigenvalue weighted by Gasteiger charge is -2.45. The van der Waals surface area contributed by atoms with Gasteiger partial charge in [-0.2, -0.15) is 0 Å². The summed E-state index contributed by atoms with van der Waals surface area (Å²) >= 11 is 0. The summed E-state index contributed by atoms with van der Waals surface area (Å²) in [6.45, 7) is 57.1. The zero-order valence-corrected chi connectivity index (χ0v) is 63.3. The van der Waals surface area contributed by atoms with Gasteiger partial charge in [0.15, 0.2) is 0 Å². The molecule has 0 saturated heterocycles. The van der Waals surface area contributed by atoms with Crippen LogP contribution in [0.1, 0.15) is 298 Å². The number of nitrogens with zero attached hydrogens (tertiary/aromatic N) is 3. The van der Waals surface area contributed by atoms with E-state index in [1.807, 2.05) is 0 Å². The third-order valence-electron chi connectivity index (χ3n) is 22.2. The molecule has 3 nitrogen and oxygen atoms in total. The number of rotatable bonds is 7. The van der Waals surface area contributed by atoms with Crippen LogP contribution in [-0.2, 0) is 43.3 Å². The van der Waals surface area contributed by atoms with Crippen LogP contribution < -0.4 is 26.2 Å². The third-order valence-corrected chi connectivity index (χ3v) is 22.2. The highest BCUT2D eigenvalue weighted by Crippen LogP contribution is 2.51. The van der Waals surface area contributed by atoms with Crippen molar-refractivity contribution in [2.75, 3.05) is 9.80 Å². The maximum atomic E-state index is 6.11. The minimum atomic E-state index is -0.105. The summed E-state index contributed by atoms with van der Waals surface area (Å²) < 4.78 is 0. The summed E-state index contributed by atoms with van der Waals surface area (Å²) in [7, 11) is 0. The Morgan fingerprint density at radius 1 is 0.284 bits per heavy atom. The number of pyridine rings is 1. The highest BCUT2D eigenvalue weighted by Gasteiger charge is 2.46. The fourth-order valence-electron chi connectivity index (χ4n) is 15.6. The normalized spacial score (nSPS) is 16.3. The minimum absolute atomic E-state index is 0.0267. The number of anilines is 6. The Morgan fingerprint density at radius 3 is 0.863 bits per heavy atom. The summed E-state index contributed by atoms with van der Waals surface area (Å²) in [5.74, 6) is 1.09. The average Bonchev–Trinajstić information content (AvgIpc) is 0.693. The zero-order valence-electron chi connectivity index (χ0n) is 63.3. The number of fused-ring (bicyclic) bond motifs is 4. The number of hydrogen-bond acceptors (Lipinski definition) is 3. The first kappa shape index (κ1) is 68.3. The molecule has 4 aliphatic rings. The van der Waals surface area contributed by atoms with Gasteiger partial charge in [0.05, 0.1) is 11.4 Å². The maximum absolute atomic E-state index is 6.11. The van der Waals surface area contributed by atoms with E-state index in [2.05, 4.69) is 309 Å². The van der Waals surface area contributed by atoms with Crippen LogP contribution in [0.15, 0.2) is 133 Å². The Balaban J connectivity index is 1.27. The van der Waals surface area contributed by atoms with Crippen LogP contribution >= 0.6 is 0 Å². The molecule has 8 aromatic rings. The molecule has 498 valence electrons. The standard InChI is InChI=1S/C91H116BN3/c1-84(2,3)65-39-61(40-66(49-65)85(4,5)6)62-45-77(63-41-67(86(7,8)9)50-68(42-63)87(10,11)12)93-78(46-62)64-47-81-83-82(48-64)95(74-55-71(90(19,20)21)52-72(56-74)91(22,23)24)80-38-36-60(58-33-29-26-30-34-58)44-76(80)92(83)75-43-59(57-31-27-25-28-32-57)35-37-79(75)94(81)73-53-69(88(13,14)15)51-70(54-73)89(16,17)18/h35-58H,25-34H2,1-24H3. The second-order valence-corrected chi connectivity index (χ2v) is 38.1. The van der Waals surface area contributed by atoms with Gasteiger partial charge >= 0.3 is 0 Å². The van der Waals surface area contributed by atoms with E-state index in [1.165, 1.54) is 181 Å². The van der Waals surface area contributed by atoms with E-state index in [0.29, 0.717) is 11.8 Å². The van der Waals surface area contributed by atoms with Gasteiger partial charge in [-0.05, 0) is 237 Å². The molecular weight excluding hydrogens is 1150 g/mol. The van der Waals surface area contributed by atoms with Crippen molar-refractivity contribution in [3.63, 3.8) is 0 Å². The van der Waals surface area contributed by atoms with Crippen molar-refractivity contribution in [1.82, 2.24) is 4.98 Å². The molecule has 2 aliphatic heterocycles. The molecule has 0 amide bonds. The highest BCUT2D eigenvalue weighted by molar-refractivity contribution is 7.00. The Hall–Kier alpha value is -6.65. The van der Waals surface area contributed by atoms with E-state index in [1.54, 1.807) is 0 Å². The molecule has 0 unspecified atom stereocenters. The van der Waals surface area contributed by atoms with Gasteiger partial charge < -0.3 is 9.80 Å². The molecule has 0 N–H and O–H groups in total. The first-order valence-corrected chi connectivity index (χ1v) is 36.8. The topological polar surface area (TPSA) is 19.4 Å². The third kappa shape index (κ3) is 13.7. The van der Waals surface area contributed by atoms with Crippen molar-refractivity contribution in [3.8, 4) is 33.6 Å². The van der Waals surface area contributed by atoms with Gasteiger partial charge in [-0.15, -0.1) is 0 Å². The van der Waals surface area contributed by atoms with Gasteiger partial charge in [0.1, 0.15) is 0 Å². The lowest BCUT2D eigenvalue weighted by Crippen LogP contribution is -2.61. The molecule has 7 aromatic carbocycles. The summed E-state index contributed by atoms with van der Waals surface area (Å²) in [6.07, 6.45) is 12.9. The Morgan fingerprint density at radius 2 is 0.558 bits per heavy atom. The predicted octanol–water partition coefficient (Wildman–Crippen LogP) is 24.6. The van der Waals surface area contributed by atoms with E-state index in [0.717, 1.165) is 22.5 Å². The van der Waals surface area contributed by atoms with Gasteiger partial charge in [0.2, 0.25) is 0 Å². The number of hydrogen-bond donors (Lipinski definition) is 0. The van der Waals surface area contributed by atoms with Crippen molar-refractivity contribution in [3.05, 3.63) is 189 Å². The molecule has 0 atom stereocenters. The minimum Gasteiger partial charge on any atom is -0.311 e. The van der Waals surface area contributed by atoms with Crippen LogP contribution in [0.25, 0.3) is 33.6 Å². The lowest BCUT2D eigenvalue weighted by atomic mass is 9.33. The molecule has 0 spiro atoms. The van der Waals surface area contributed by atoms with Gasteiger partial charge in [0, 0.05) is 45.3 Å². The SMILES string of the molecule is CC(C)(C)c1cc(-c2cc(-c3cc(C(C)(C)C)cc(C(C)(C)C)c3)nc(-c3cc4c5c(c3)N(c3cc(C(C)(C)C)cc(C(C)(C)C)c3)c3ccc(C6CCCCC6)cc3B5c3cc(C5CCCCC5)ccc3N4c3cc(C(C)(C)C)cc(C(C)(C)C)c3)c2)cc(C(C)(C)C)c1. The van der Waals surface area contributed by atoms with Crippen molar-refractivity contribution in [2.24, 2.45) is 0 Å². The summed E-state index contributed by atoms with van der Waals surface area (Å²) in [5, 5.41) is 0. The summed E-state index contributed by atoms with van der Waals surface area (Å²) in [6, 6.07) is 55.7. The van der Waals surface area contributed by atoms with Crippen molar-refractivity contribution >= 4 is 57.2 Å². The van der Waals surface area contributed by atoms with Gasteiger partial charge in [-0.3, -0.25) is 0 Å². The number of aromatic nitrogens is 1. The van der Waals surface area contributed by atoms with Crippen LogP contribution in [0.5, 0.6) is 0 Å². The van der Waals surface area contributed by atoms with Gasteiger partial charge in [0.25, 0.3) is 6.71 Å². The average molecular weight is 1260 g/mol. The van der Waals surface area contributed by atoms with Gasteiger partial charge in [-0.1, -0.05) is 265 Å². The van der Waals surface area contributed by atoms with E-state index in [4.69, 9.17) is 4.98 Å². The van der Waals surface area contributed by atoms with Crippen LogP contribution in [0.2, 0.25) is 0 Å². The number of benzene rings is 7. The second kappa shape index (κ2) is 24.1. The fraction of sp³-hybridized carbons (Fsp3) is 0.484. The molecule has 2 fully saturated rings. The Bertz CT molecular complexity index is 3840. The zero-order chi connectivity index (χ0) is 68.7. The lowest BCUT2D eigenvalue weighted by molar-refractivity contribution is 0.444. The summed E-state index contributed by atoms with van der Waals surface area (Å²) in [4.78, 5) is 11.6. The highest BCUT2D eigenvalue weighted by atomic mass is 15.2. The molecule has 2 saturated carbocycles. The van der Waals surface area contributed by atoms with Gasteiger partial charge in [-0.25, -0.2) is 4.98 Å². The second-order valence-electron chi connectivity index (χ2n) is 38.1. The van der Waals surface area contributed by atoms with Crippen molar-refractivity contribution in [1.29, 1.82) is 0 Å². The molecule has 2 aliphatic carbocycles. The first-order valence-electron chi connectivity index (χ1n) is 36.8. The largest absolute Gasteiger partial charge is 0.311 e. The smallest absolute Gasteiger partial charge is 0.252 e. The van der Waals surface area contributed by atoms with Crippen LogP contribution in [0, 0.1) is 0 Å². The molecule has 4 heteroatoms.